The molecule has 6 nitrogen and oxygen atoms in total. The molecular weight excluding hydrogens is 408 g/mol. The highest BCUT2D eigenvalue weighted by molar-refractivity contribution is 8.59. The average molecular weight is 425 g/mol. The van der Waals surface area contributed by atoms with Gasteiger partial charge in [-0.05, 0) is 63.9 Å². The van der Waals surface area contributed by atoms with Crippen LogP contribution in [-0.2, 0) is 48.0 Å². The molecule has 5 atom stereocenters. The normalized spacial score (nSPS) is 40.5. The Labute approximate surface area is 164 Å². The number of hydrogen-bond donors (Lipinski definition) is 0. The topological polar surface area (TPSA) is 77.3 Å². The first kappa shape index (κ1) is 18.0. The summed E-state index contributed by atoms with van der Waals surface area (Å²) in [6.45, 7) is 3.66. The van der Waals surface area contributed by atoms with E-state index in [1.807, 2.05) is 19.9 Å². The summed E-state index contributed by atoms with van der Waals surface area (Å²) >= 11 is 5.10. The van der Waals surface area contributed by atoms with Gasteiger partial charge in [0.05, 0.1) is 17.5 Å². The minimum Gasteiger partial charge on any atom is -0.320 e. The highest BCUT2D eigenvalue weighted by atomic mass is 33.2. The molecule has 2 amide bonds. The average Bonchev–Trinajstić information content (AvgIpc) is 3.08. The van der Waals surface area contributed by atoms with Crippen molar-refractivity contribution < 1.29 is 9.59 Å². The van der Waals surface area contributed by atoms with E-state index < -0.39 is 30.7 Å². The van der Waals surface area contributed by atoms with Crippen LogP contribution in [-0.4, -0.2) is 43.4 Å². The molecule has 3 aliphatic heterocycles. The van der Waals surface area contributed by atoms with E-state index in [2.05, 4.69) is 11.1 Å². The molecule has 4 heterocycles. The second kappa shape index (κ2) is 5.55. The van der Waals surface area contributed by atoms with Gasteiger partial charge in [0.2, 0.25) is 0 Å². The number of carbonyl (C=O) groups is 2. The van der Waals surface area contributed by atoms with Gasteiger partial charge < -0.3 is 9.80 Å². The molecule has 4 rings (SSSR count). The lowest BCUT2D eigenvalue weighted by Gasteiger charge is -2.39. The molecule has 0 aromatic carbocycles. The number of piperazine rings is 1. The van der Waals surface area contributed by atoms with E-state index in [-0.39, 0.29) is 11.8 Å². The number of carbonyl (C=O) groups excluding carboxylic acids is 2. The van der Waals surface area contributed by atoms with Gasteiger partial charge in [-0.15, -0.1) is 0 Å². The second-order valence-electron chi connectivity index (χ2n) is 7.11. The van der Waals surface area contributed by atoms with Crippen molar-refractivity contribution in [2.24, 2.45) is 5.41 Å². The van der Waals surface area contributed by atoms with E-state index in [0.29, 0.717) is 6.42 Å². The van der Waals surface area contributed by atoms with Crippen molar-refractivity contribution in [1.29, 1.82) is 5.26 Å². The fraction of sp³-hybridized carbons (Fsp3) is 0.500. The molecule has 0 radical (unpaired) electrons. The van der Waals surface area contributed by atoms with Gasteiger partial charge >= 0.3 is 0 Å². The lowest BCUT2D eigenvalue weighted by Crippen LogP contribution is -2.60. The van der Waals surface area contributed by atoms with Gasteiger partial charge in [0.25, 0.3) is 11.8 Å². The Bertz CT molecular complexity index is 997. The Morgan fingerprint density at radius 1 is 1.42 bits per heavy atom. The number of pyridine rings is 1. The SMILES string of the molecule is CN1C(=O)[C@@]23C[C@](C)(C#N)[C@H](c4cccnc4)N2C(=O)[C@]1(C)S3=S=S=S. The van der Waals surface area contributed by atoms with Crippen molar-refractivity contribution in [3.8, 4) is 6.07 Å². The summed E-state index contributed by atoms with van der Waals surface area (Å²) in [4.78, 5) is 32.4. The number of nitriles is 1. The summed E-state index contributed by atoms with van der Waals surface area (Å²) in [7, 11) is 3.58. The van der Waals surface area contributed by atoms with E-state index in [1.165, 1.54) is 8.88 Å². The van der Waals surface area contributed by atoms with Crippen molar-refractivity contribution >= 4 is 50.2 Å². The zero-order chi connectivity index (χ0) is 18.9. The monoisotopic (exact) mass is 424 g/mol. The largest absolute Gasteiger partial charge is 0.320 e. The van der Waals surface area contributed by atoms with Crippen LogP contribution < -0.4 is 0 Å². The highest BCUT2D eigenvalue weighted by Gasteiger charge is 2.80. The van der Waals surface area contributed by atoms with Crippen LogP contribution in [0.1, 0.15) is 31.9 Å². The Kier molecular flexibility index (Phi) is 3.83. The molecule has 0 saturated carbocycles. The van der Waals surface area contributed by atoms with Crippen molar-refractivity contribution in [2.45, 2.75) is 36.1 Å². The minimum atomic E-state index is -1.01. The number of hydrogen-bond acceptors (Lipinski definition) is 5. The molecule has 2 bridgehead atoms. The molecule has 3 saturated heterocycles. The van der Waals surface area contributed by atoms with Crippen LogP contribution in [0.4, 0.5) is 0 Å². The number of nitrogens with zero attached hydrogens (tertiary/aromatic N) is 4. The van der Waals surface area contributed by atoms with Crippen LogP contribution in [0.15, 0.2) is 24.5 Å². The molecule has 26 heavy (non-hydrogen) atoms. The number of rotatable bonds is 1. The third kappa shape index (κ3) is 1.80. The Balaban J connectivity index is 2.06. The minimum absolute atomic E-state index is 0.0904. The van der Waals surface area contributed by atoms with Crippen molar-refractivity contribution in [2.75, 3.05) is 7.05 Å². The zero-order valence-corrected chi connectivity index (χ0v) is 17.6. The molecule has 3 fully saturated rings. The summed E-state index contributed by atoms with van der Waals surface area (Å²) in [5.74, 6) is -0.195. The molecule has 3 aliphatic rings. The fourth-order valence-corrected chi connectivity index (χ4v) is 13.5. The Hall–Kier alpha value is -1.41. The number of amides is 2. The van der Waals surface area contributed by atoms with Gasteiger partial charge in [0, 0.05) is 25.9 Å². The quantitative estimate of drug-likeness (QED) is 0.668. The van der Waals surface area contributed by atoms with Gasteiger partial charge in [-0.2, -0.15) is 5.26 Å². The van der Waals surface area contributed by atoms with Gasteiger partial charge in [0.1, 0.15) is 0 Å². The second-order valence-corrected chi connectivity index (χ2v) is 13.7. The maximum absolute atomic E-state index is 13.5. The van der Waals surface area contributed by atoms with E-state index >= 15 is 0 Å². The summed E-state index contributed by atoms with van der Waals surface area (Å²) in [5.41, 5.74) is -0.0911. The molecule has 1 aromatic heterocycles. The van der Waals surface area contributed by atoms with Gasteiger partial charge in [-0.25, -0.2) is 0 Å². The fourth-order valence-electron chi connectivity index (χ4n) is 4.53. The molecule has 10 heteroatoms. The predicted octanol–water partition coefficient (Wildman–Crippen LogP) is 0.858. The molecule has 136 valence electrons. The van der Waals surface area contributed by atoms with Gasteiger partial charge in [-0.3, -0.25) is 14.6 Å². The van der Waals surface area contributed by atoms with E-state index in [4.69, 9.17) is 11.2 Å². The number of aromatic nitrogens is 1. The third-order valence-electron chi connectivity index (χ3n) is 5.77. The first-order valence-electron chi connectivity index (χ1n) is 7.93. The van der Waals surface area contributed by atoms with Crippen LogP contribution in [0.25, 0.3) is 0 Å². The first-order valence-corrected chi connectivity index (χ1v) is 12.8. The number of likely N-dealkylation sites (N-methyl/N-ethyl adjacent to an activating group) is 1. The molecule has 1 unspecified atom stereocenters. The highest BCUT2D eigenvalue weighted by Crippen LogP contribution is 2.64. The third-order valence-corrected chi connectivity index (χ3v) is 13.9. The summed E-state index contributed by atoms with van der Waals surface area (Å²) in [6.07, 6.45) is 3.65. The van der Waals surface area contributed by atoms with Crippen LogP contribution in [0.3, 0.4) is 0 Å². The molecule has 1 aromatic rings. The summed E-state index contributed by atoms with van der Waals surface area (Å²) < 4.78 is 0. The van der Waals surface area contributed by atoms with Crippen molar-refractivity contribution in [1.82, 2.24) is 14.8 Å². The Morgan fingerprint density at radius 2 is 2.15 bits per heavy atom. The lowest BCUT2D eigenvalue weighted by atomic mass is 9.80. The summed E-state index contributed by atoms with van der Waals surface area (Å²) in [5, 5.41) is 9.99. The molecule has 0 N–H and O–H groups in total. The summed E-state index contributed by atoms with van der Waals surface area (Å²) in [6, 6.07) is 5.56. The molecule has 1 spiro atoms. The molecule has 0 aliphatic carbocycles. The Morgan fingerprint density at radius 3 is 2.73 bits per heavy atom. The van der Waals surface area contributed by atoms with Crippen LogP contribution in [0.2, 0.25) is 0 Å². The van der Waals surface area contributed by atoms with Gasteiger partial charge in [0.15, 0.2) is 9.74 Å². The van der Waals surface area contributed by atoms with Crippen LogP contribution >= 0.6 is 0 Å². The van der Waals surface area contributed by atoms with Crippen molar-refractivity contribution in [3.63, 3.8) is 0 Å². The maximum atomic E-state index is 13.5. The van der Waals surface area contributed by atoms with Gasteiger partial charge in [-0.1, -0.05) is 6.07 Å². The smallest absolute Gasteiger partial charge is 0.261 e. The first-order chi connectivity index (χ1) is 12.3. The van der Waals surface area contributed by atoms with Crippen LogP contribution in [0, 0.1) is 16.7 Å². The predicted molar refractivity (Wildman–Crippen MR) is 106 cm³/mol. The van der Waals surface area contributed by atoms with Crippen LogP contribution in [0.5, 0.6) is 0 Å². The zero-order valence-electron chi connectivity index (χ0n) is 14.3. The van der Waals surface area contributed by atoms with E-state index in [0.717, 1.165) is 14.4 Å². The lowest BCUT2D eigenvalue weighted by molar-refractivity contribution is -0.159. The number of fused-ring (bicyclic) bond motifs is 1. The molecular formula is C16H16N4O2S4. The van der Waals surface area contributed by atoms with E-state index in [9.17, 15) is 14.9 Å². The van der Waals surface area contributed by atoms with Crippen molar-refractivity contribution in [3.05, 3.63) is 30.1 Å². The standard InChI is InChI=1S/C16H16N4O2S4/c1-14(9-17)8-16-13(22)19(3)15(2,26(16)25-24-23)12(21)20(16)11(14)10-5-4-6-18-7-10/h4-7,11H,8H2,1-3H3/t11-,14+,15-,16-,26?/m0/s1. The van der Waals surface area contributed by atoms with E-state index in [1.54, 1.807) is 35.3 Å². The maximum Gasteiger partial charge on any atom is 0.261 e.